The first-order valence-electron chi connectivity index (χ1n) is 8.66. The molecule has 2 N–H and O–H groups in total. The van der Waals surface area contributed by atoms with Gasteiger partial charge in [-0.1, -0.05) is 12.1 Å². The van der Waals surface area contributed by atoms with Gasteiger partial charge in [0.25, 0.3) is 0 Å². The first kappa shape index (κ1) is 17.2. The van der Waals surface area contributed by atoms with Crippen molar-refractivity contribution in [3.8, 4) is 22.5 Å². The zero-order valence-corrected chi connectivity index (χ0v) is 14.8. The highest BCUT2D eigenvalue weighted by Crippen LogP contribution is 2.37. The summed E-state index contributed by atoms with van der Waals surface area (Å²) in [7, 11) is 0. The van der Waals surface area contributed by atoms with E-state index in [1.807, 2.05) is 0 Å². The number of aromatic nitrogens is 4. The van der Waals surface area contributed by atoms with Crippen LogP contribution in [-0.2, 0) is 0 Å². The summed E-state index contributed by atoms with van der Waals surface area (Å²) in [5.74, 6) is -1.77. The van der Waals surface area contributed by atoms with Crippen LogP contribution >= 0.6 is 0 Å². The minimum atomic E-state index is -0.688. The number of fused-ring (bicyclic) bond motifs is 2. The standard InChI is InChI=1S/C21H12F3N5/c22-12-4-1-3-11(9-12)17-19(29-8-7-27-21(29)20(25)28-17)14-10-15(23)18-13(16(14)24)5-2-6-26-18/h1-10H,(H2,25,28). The molecule has 0 saturated carbocycles. The molecule has 0 amide bonds. The summed E-state index contributed by atoms with van der Waals surface area (Å²) in [5.41, 5.74) is 6.94. The van der Waals surface area contributed by atoms with Crippen LogP contribution in [0, 0.1) is 17.5 Å². The summed E-state index contributed by atoms with van der Waals surface area (Å²) in [5, 5.41) is 0.0257. The molecule has 3 aromatic heterocycles. The lowest BCUT2D eigenvalue weighted by molar-refractivity contribution is 0.617. The van der Waals surface area contributed by atoms with Gasteiger partial charge in [0, 0.05) is 35.1 Å². The fraction of sp³-hybridized carbons (Fsp3) is 0. The van der Waals surface area contributed by atoms with Crippen molar-refractivity contribution >= 4 is 22.4 Å². The second-order valence-corrected chi connectivity index (χ2v) is 6.44. The van der Waals surface area contributed by atoms with E-state index in [1.165, 1.54) is 47.1 Å². The highest BCUT2D eigenvalue weighted by molar-refractivity contribution is 5.90. The SMILES string of the molecule is Nc1nc(-c2cccc(F)c2)c(-c2cc(F)c3ncccc3c2F)n2ccnc12. The smallest absolute Gasteiger partial charge is 0.180 e. The van der Waals surface area contributed by atoms with Gasteiger partial charge in [0.1, 0.15) is 23.0 Å². The number of benzene rings is 2. The van der Waals surface area contributed by atoms with Crippen molar-refractivity contribution in [2.75, 3.05) is 5.73 Å². The summed E-state index contributed by atoms with van der Waals surface area (Å²) < 4.78 is 45.6. The lowest BCUT2D eigenvalue weighted by atomic mass is 10.0. The Morgan fingerprint density at radius 3 is 2.62 bits per heavy atom. The number of hydrogen-bond acceptors (Lipinski definition) is 4. The van der Waals surface area contributed by atoms with Crippen molar-refractivity contribution in [3.63, 3.8) is 0 Å². The molecule has 142 valence electrons. The molecule has 5 rings (SSSR count). The molecule has 0 fully saturated rings. The molecule has 0 bridgehead atoms. The topological polar surface area (TPSA) is 69.1 Å². The number of pyridine rings is 1. The molecule has 0 aliphatic rings. The third-order valence-electron chi connectivity index (χ3n) is 4.70. The van der Waals surface area contributed by atoms with E-state index < -0.39 is 17.5 Å². The number of anilines is 1. The fourth-order valence-corrected chi connectivity index (χ4v) is 3.45. The van der Waals surface area contributed by atoms with E-state index in [2.05, 4.69) is 15.0 Å². The number of nitrogens with two attached hydrogens (primary N) is 1. The molecule has 0 atom stereocenters. The monoisotopic (exact) mass is 391 g/mol. The van der Waals surface area contributed by atoms with Gasteiger partial charge in [-0.15, -0.1) is 0 Å². The number of halogens is 3. The number of nitrogen functional groups attached to an aromatic ring is 1. The first-order chi connectivity index (χ1) is 14.0. The second-order valence-electron chi connectivity index (χ2n) is 6.44. The van der Waals surface area contributed by atoms with Crippen LogP contribution in [-0.4, -0.2) is 19.4 Å². The third kappa shape index (κ3) is 2.60. The molecule has 0 aliphatic heterocycles. The molecule has 0 spiro atoms. The molecule has 5 aromatic rings. The van der Waals surface area contributed by atoms with E-state index in [0.717, 1.165) is 6.07 Å². The van der Waals surface area contributed by atoms with Gasteiger partial charge in [-0.25, -0.2) is 23.1 Å². The van der Waals surface area contributed by atoms with Crippen molar-refractivity contribution in [3.05, 3.63) is 78.5 Å². The van der Waals surface area contributed by atoms with Crippen LogP contribution in [0.4, 0.5) is 19.0 Å². The van der Waals surface area contributed by atoms with Gasteiger partial charge < -0.3 is 5.73 Å². The predicted molar refractivity (Wildman–Crippen MR) is 103 cm³/mol. The Morgan fingerprint density at radius 2 is 1.79 bits per heavy atom. The van der Waals surface area contributed by atoms with E-state index in [4.69, 9.17) is 5.73 Å². The largest absolute Gasteiger partial charge is 0.381 e. The normalized spacial score (nSPS) is 11.4. The fourth-order valence-electron chi connectivity index (χ4n) is 3.45. The lowest BCUT2D eigenvalue weighted by Gasteiger charge is -2.15. The lowest BCUT2D eigenvalue weighted by Crippen LogP contribution is -2.05. The zero-order chi connectivity index (χ0) is 20.1. The molecule has 3 heterocycles. The van der Waals surface area contributed by atoms with E-state index in [-0.39, 0.29) is 39.3 Å². The summed E-state index contributed by atoms with van der Waals surface area (Å²) in [6.45, 7) is 0. The Kier molecular flexibility index (Phi) is 3.73. The van der Waals surface area contributed by atoms with Crippen LogP contribution in [0.3, 0.4) is 0 Å². The van der Waals surface area contributed by atoms with Gasteiger partial charge in [-0.2, -0.15) is 0 Å². The van der Waals surface area contributed by atoms with Gasteiger partial charge in [-0.05, 0) is 30.3 Å². The molecule has 2 aromatic carbocycles. The van der Waals surface area contributed by atoms with Gasteiger partial charge in [0.2, 0.25) is 0 Å². The number of nitrogens with zero attached hydrogens (tertiary/aromatic N) is 4. The van der Waals surface area contributed by atoms with Crippen LogP contribution in [0.1, 0.15) is 0 Å². The van der Waals surface area contributed by atoms with Crippen LogP contribution < -0.4 is 5.73 Å². The summed E-state index contributed by atoms with van der Waals surface area (Å²) >= 11 is 0. The van der Waals surface area contributed by atoms with Crippen molar-refractivity contribution in [1.82, 2.24) is 19.4 Å². The summed E-state index contributed by atoms with van der Waals surface area (Å²) in [4.78, 5) is 12.4. The Morgan fingerprint density at radius 1 is 0.931 bits per heavy atom. The van der Waals surface area contributed by atoms with Crippen LogP contribution in [0.15, 0.2) is 61.1 Å². The van der Waals surface area contributed by atoms with E-state index in [9.17, 15) is 8.78 Å². The summed E-state index contributed by atoms with van der Waals surface area (Å²) in [6, 6.07) is 9.69. The molecule has 8 heteroatoms. The van der Waals surface area contributed by atoms with Gasteiger partial charge in [0.05, 0.1) is 11.4 Å². The second kappa shape index (κ2) is 6.30. The molecule has 0 radical (unpaired) electrons. The van der Waals surface area contributed by atoms with Crippen LogP contribution in [0.2, 0.25) is 0 Å². The Labute approximate surface area is 162 Å². The van der Waals surface area contributed by atoms with Crippen molar-refractivity contribution in [2.24, 2.45) is 0 Å². The molecule has 29 heavy (non-hydrogen) atoms. The predicted octanol–water partition coefficient (Wildman–Crippen LogP) is 4.61. The van der Waals surface area contributed by atoms with Gasteiger partial charge in [0.15, 0.2) is 11.5 Å². The van der Waals surface area contributed by atoms with Crippen molar-refractivity contribution < 1.29 is 13.2 Å². The summed E-state index contributed by atoms with van der Waals surface area (Å²) in [6.07, 6.45) is 4.43. The number of rotatable bonds is 2. The highest BCUT2D eigenvalue weighted by Gasteiger charge is 2.22. The van der Waals surface area contributed by atoms with E-state index >= 15 is 4.39 Å². The van der Waals surface area contributed by atoms with Crippen LogP contribution in [0.5, 0.6) is 0 Å². The number of imidazole rings is 1. The van der Waals surface area contributed by atoms with Crippen molar-refractivity contribution in [2.45, 2.75) is 0 Å². The Bertz CT molecular complexity index is 1410. The quantitative estimate of drug-likeness (QED) is 0.477. The van der Waals surface area contributed by atoms with Gasteiger partial charge in [-0.3, -0.25) is 9.38 Å². The highest BCUT2D eigenvalue weighted by atomic mass is 19.1. The van der Waals surface area contributed by atoms with Crippen molar-refractivity contribution in [1.29, 1.82) is 0 Å². The minimum Gasteiger partial charge on any atom is -0.381 e. The Hall–Kier alpha value is -3.94. The molecule has 0 saturated heterocycles. The van der Waals surface area contributed by atoms with Gasteiger partial charge >= 0.3 is 0 Å². The number of hydrogen-bond donors (Lipinski definition) is 1. The van der Waals surface area contributed by atoms with E-state index in [1.54, 1.807) is 12.3 Å². The third-order valence-corrected chi connectivity index (χ3v) is 4.70. The van der Waals surface area contributed by atoms with Crippen LogP contribution in [0.25, 0.3) is 39.1 Å². The van der Waals surface area contributed by atoms with E-state index in [0.29, 0.717) is 5.56 Å². The maximum atomic E-state index is 15.5. The molecular weight excluding hydrogens is 379 g/mol. The molecular formula is C21H12F3N5. The molecule has 5 nitrogen and oxygen atoms in total. The first-order valence-corrected chi connectivity index (χ1v) is 8.66. The average molecular weight is 391 g/mol. The molecule has 0 aliphatic carbocycles. The maximum Gasteiger partial charge on any atom is 0.180 e. The zero-order valence-electron chi connectivity index (χ0n) is 14.8. The Balaban J connectivity index is 1.94. The molecule has 0 unspecified atom stereocenters. The average Bonchev–Trinajstić information content (AvgIpc) is 3.21. The minimum absolute atomic E-state index is 0.0257. The maximum absolute atomic E-state index is 15.5.